The van der Waals surface area contributed by atoms with Gasteiger partial charge in [0.1, 0.15) is 6.10 Å². The fourth-order valence-corrected chi connectivity index (χ4v) is 3.71. The molecule has 0 radical (unpaired) electrons. The largest absolute Gasteiger partial charge is 0.487 e. The molecule has 0 aliphatic carbocycles. The molecule has 32 heavy (non-hydrogen) atoms. The number of ether oxygens (including phenoxy) is 2. The van der Waals surface area contributed by atoms with Crippen LogP contribution in [0.1, 0.15) is 30.1 Å². The van der Waals surface area contributed by atoms with E-state index >= 15 is 0 Å². The highest BCUT2D eigenvalue weighted by Crippen LogP contribution is 2.34. The van der Waals surface area contributed by atoms with Crippen molar-refractivity contribution in [3.8, 4) is 5.75 Å². The summed E-state index contributed by atoms with van der Waals surface area (Å²) in [6, 6.07) is 12.3. The van der Waals surface area contributed by atoms with E-state index in [0.29, 0.717) is 21.4 Å². The Kier molecular flexibility index (Phi) is 8.19. The normalized spacial score (nSPS) is 13.9. The molecule has 1 aliphatic heterocycles. The number of carbonyl (C=O) groups is 3. The van der Waals surface area contributed by atoms with Gasteiger partial charge >= 0.3 is 5.97 Å². The van der Waals surface area contributed by atoms with Crippen molar-refractivity contribution in [1.29, 1.82) is 0 Å². The third-order valence-corrected chi connectivity index (χ3v) is 5.46. The SMILES string of the molecule is CC(=O)OCC(=O)NNC(=O)c1ccc(N2CCC(Oc3c(Cl)cccc3Cl)CC2)cc1. The van der Waals surface area contributed by atoms with Crippen LogP contribution in [0.4, 0.5) is 5.69 Å². The number of piperidine rings is 1. The molecule has 3 rings (SSSR count). The van der Waals surface area contributed by atoms with E-state index in [4.69, 9.17) is 27.9 Å². The number of anilines is 1. The molecule has 1 fully saturated rings. The topological polar surface area (TPSA) is 97.0 Å². The molecule has 0 unspecified atom stereocenters. The number of benzene rings is 2. The zero-order valence-electron chi connectivity index (χ0n) is 17.4. The number of hydrogen-bond acceptors (Lipinski definition) is 6. The molecule has 0 spiro atoms. The van der Waals surface area contributed by atoms with Gasteiger partial charge in [0.15, 0.2) is 12.4 Å². The Morgan fingerprint density at radius 2 is 1.62 bits per heavy atom. The Balaban J connectivity index is 1.48. The summed E-state index contributed by atoms with van der Waals surface area (Å²) in [4.78, 5) is 36.5. The van der Waals surface area contributed by atoms with E-state index in [1.54, 1.807) is 30.3 Å². The lowest BCUT2D eigenvalue weighted by atomic mass is 10.1. The van der Waals surface area contributed by atoms with Crippen molar-refractivity contribution in [3.05, 3.63) is 58.1 Å². The standard InChI is InChI=1S/C22H23Cl2N3O5/c1-14(28)31-13-20(29)25-26-22(30)15-5-7-16(8-6-15)27-11-9-17(10-12-27)32-21-18(23)3-2-4-19(21)24/h2-8,17H,9-13H2,1H3,(H,25,29)(H,26,30). The third-order valence-electron chi connectivity index (χ3n) is 4.86. The van der Waals surface area contributed by atoms with Gasteiger partial charge in [0.2, 0.25) is 0 Å². The maximum absolute atomic E-state index is 12.2. The first-order chi connectivity index (χ1) is 15.3. The maximum atomic E-state index is 12.2. The van der Waals surface area contributed by atoms with Gasteiger partial charge in [0.25, 0.3) is 11.8 Å². The number of hydrogen-bond donors (Lipinski definition) is 2. The van der Waals surface area contributed by atoms with Crippen molar-refractivity contribution >= 4 is 46.7 Å². The minimum absolute atomic E-state index is 0.0179. The van der Waals surface area contributed by atoms with Crippen LogP contribution in [-0.4, -0.2) is 43.6 Å². The van der Waals surface area contributed by atoms with Gasteiger partial charge < -0.3 is 14.4 Å². The number of nitrogens with one attached hydrogen (secondary N) is 2. The van der Waals surface area contributed by atoms with Gasteiger partial charge in [-0.15, -0.1) is 0 Å². The number of carbonyl (C=O) groups excluding carboxylic acids is 3. The monoisotopic (exact) mass is 479 g/mol. The van der Waals surface area contributed by atoms with Crippen LogP contribution in [0.25, 0.3) is 0 Å². The Morgan fingerprint density at radius 3 is 2.22 bits per heavy atom. The Bertz CT molecular complexity index is 956. The minimum atomic E-state index is -0.631. The number of esters is 1. The molecule has 2 N–H and O–H groups in total. The predicted octanol–water partition coefficient (Wildman–Crippen LogP) is 3.37. The summed E-state index contributed by atoms with van der Waals surface area (Å²) in [5.41, 5.74) is 5.83. The zero-order valence-corrected chi connectivity index (χ0v) is 18.9. The second-order valence-corrected chi connectivity index (χ2v) is 8.00. The smallest absolute Gasteiger partial charge is 0.303 e. The van der Waals surface area contributed by atoms with Crippen LogP contribution in [-0.2, 0) is 14.3 Å². The first-order valence-corrected chi connectivity index (χ1v) is 10.8. The maximum Gasteiger partial charge on any atom is 0.303 e. The minimum Gasteiger partial charge on any atom is -0.487 e. The highest BCUT2D eigenvalue weighted by molar-refractivity contribution is 6.37. The number of halogens is 2. The molecule has 0 bridgehead atoms. The van der Waals surface area contributed by atoms with Crippen molar-refractivity contribution in [2.45, 2.75) is 25.9 Å². The Morgan fingerprint density at radius 1 is 1.00 bits per heavy atom. The molecule has 170 valence electrons. The lowest BCUT2D eigenvalue weighted by Gasteiger charge is -2.34. The van der Waals surface area contributed by atoms with Gasteiger partial charge in [-0.05, 0) is 36.4 Å². The highest BCUT2D eigenvalue weighted by atomic mass is 35.5. The number of para-hydroxylation sites is 1. The molecule has 1 aliphatic rings. The molecule has 2 aromatic rings. The van der Waals surface area contributed by atoms with E-state index in [1.165, 1.54) is 6.92 Å². The van der Waals surface area contributed by atoms with Crippen LogP contribution in [0.15, 0.2) is 42.5 Å². The van der Waals surface area contributed by atoms with Crippen LogP contribution in [0.5, 0.6) is 5.75 Å². The highest BCUT2D eigenvalue weighted by Gasteiger charge is 2.22. The summed E-state index contributed by atoms with van der Waals surface area (Å²) in [5, 5.41) is 0.993. The first-order valence-electron chi connectivity index (χ1n) is 10.0. The summed E-state index contributed by atoms with van der Waals surface area (Å²) >= 11 is 12.4. The summed E-state index contributed by atoms with van der Waals surface area (Å²) in [6.07, 6.45) is 1.63. The summed E-state index contributed by atoms with van der Waals surface area (Å²) in [5.74, 6) is -1.17. The molecule has 0 saturated carbocycles. The second-order valence-electron chi connectivity index (χ2n) is 7.18. The van der Waals surface area contributed by atoms with E-state index in [0.717, 1.165) is 31.6 Å². The molecule has 1 saturated heterocycles. The number of amides is 2. The molecular formula is C22H23Cl2N3O5. The molecule has 0 atom stereocenters. The molecule has 0 aromatic heterocycles. The van der Waals surface area contributed by atoms with Crippen molar-refractivity contribution in [3.63, 3.8) is 0 Å². The lowest BCUT2D eigenvalue weighted by Crippen LogP contribution is -2.43. The van der Waals surface area contributed by atoms with E-state index < -0.39 is 24.4 Å². The first kappa shape index (κ1) is 23.7. The number of nitrogens with zero attached hydrogens (tertiary/aromatic N) is 1. The van der Waals surface area contributed by atoms with E-state index in [-0.39, 0.29) is 6.10 Å². The second kappa shape index (κ2) is 11.1. The van der Waals surface area contributed by atoms with Crippen molar-refractivity contribution < 1.29 is 23.9 Å². The van der Waals surface area contributed by atoms with E-state index in [9.17, 15) is 14.4 Å². The third kappa shape index (κ3) is 6.51. The van der Waals surface area contributed by atoms with Gasteiger partial charge in [0.05, 0.1) is 10.0 Å². The molecule has 10 heteroatoms. The quantitative estimate of drug-likeness (QED) is 0.486. The molecule has 2 aromatic carbocycles. The fraction of sp³-hybridized carbons (Fsp3) is 0.318. The van der Waals surface area contributed by atoms with Gasteiger partial charge in [-0.2, -0.15) is 0 Å². The molecule has 8 nitrogen and oxygen atoms in total. The molecule has 1 heterocycles. The van der Waals surface area contributed by atoms with Crippen molar-refractivity contribution in [1.82, 2.24) is 10.9 Å². The van der Waals surface area contributed by atoms with Crippen LogP contribution >= 0.6 is 23.2 Å². The van der Waals surface area contributed by atoms with Gasteiger partial charge in [-0.1, -0.05) is 29.3 Å². The summed E-state index contributed by atoms with van der Waals surface area (Å²) in [6.45, 7) is 2.29. The molecular weight excluding hydrogens is 457 g/mol. The van der Waals surface area contributed by atoms with Crippen molar-refractivity contribution in [2.24, 2.45) is 0 Å². The predicted molar refractivity (Wildman–Crippen MR) is 121 cm³/mol. The summed E-state index contributed by atoms with van der Waals surface area (Å²) in [7, 11) is 0. The summed E-state index contributed by atoms with van der Waals surface area (Å²) < 4.78 is 10.6. The van der Waals surface area contributed by atoms with E-state index in [1.807, 2.05) is 12.1 Å². The van der Waals surface area contributed by atoms with Gasteiger partial charge in [-0.25, -0.2) is 0 Å². The number of rotatable bonds is 6. The number of hydrazine groups is 1. The average Bonchev–Trinajstić information content (AvgIpc) is 2.79. The Hall–Kier alpha value is -2.97. The average molecular weight is 480 g/mol. The van der Waals surface area contributed by atoms with Crippen LogP contribution in [0, 0.1) is 0 Å². The van der Waals surface area contributed by atoms with Crippen LogP contribution in [0.2, 0.25) is 10.0 Å². The fourth-order valence-electron chi connectivity index (χ4n) is 3.22. The van der Waals surface area contributed by atoms with E-state index in [2.05, 4.69) is 20.5 Å². The zero-order chi connectivity index (χ0) is 23.1. The lowest BCUT2D eigenvalue weighted by molar-refractivity contribution is -0.146. The van der Waals surface area contributed by atoms with Crippen molar-refractivity contribution in [2.75, 3.05) is 24.6 Å². The van der Waals surface area contributed by atoms with Crippen LogP contribution < -0.4 is 20.5 Å². The van der Waals surface area contributed by atoms with Gasteiger partial charge in [0, 0.05) is 44.1 Å². The molecule has 2 amide bonds. The van der Waals surface area contributed by atoms with Crippen LogP contribution in [0.3, 0.4) is 0 Å². The Labute approximate surface area is 195 Å². The van der Waals surface area contributed by atoms with Gasteiger partial charge in [-0.3, -0.25) is 25.2 Å².